The summed E-state index contributed by atoms with van der Waals surface area (Å²) in [6.45, 7) is 11.4. The fourth-order valence-corrected chi connectivity index (χ4v) is 4.85. The molecular weight excluding hydrogens is 476 g/mol. The van der Waals surface area contributed by atoms with Gasteiger partial charge < -0.3 is 9.40 Å². The second-order valence-corrected chi connectivity index (χ2v) is 10.5. The number of H-pyrrole nitrogens is 1. The molecule has 0 radical (unpaired) electrons. The van der Waals surface area contributed by atoms with Gasteiger partial charge in [0.05, 0.1) is 23.9 Å². The second-order valence-electron chi connectivity index (χ2n) is 10.5. The summed E-state index contributed by atoms with van der Waals surface area (Å²) in [6, 6.07) is 19.6. The topological polar surface area (TPSA) is 92.8 Å². The van der Waals surface area contributed by atoms with Crippen LogP contribution in [-0.4, -0.2) is 30.1 Å². The first-order valence-electron chi connectivity index (χ1n) is 13.0. The third-order valence-electron chi connectivity index (χ3n) is 7.58. The Morgan fingerprint density at radius 1 is 1.05 bits per heavy atom. The monoisotopic (exact) mass is 510 g/mol. The number of nitrogens with zero attached hydrogens (tertiary/aromatic N) is 5. The molecule has 0 saturated heterocycles. The van der Waals surface area contributed by atoms with Gasteiger partial charge in [0, 0.05) is 12.1 Å². The minimum atomic E-state index is -0.532. The summed E-state index contributed by atoms with van der Waals surface area (Å²) in [5.74, 6) is 1.41. The number of nitrogens with one attached hydrogen (secondary N) is 1. The highest BCUT2D eigenvalue weighted by molar-refractivity contribution is 5.83. The number of tetrazole rings is 1. The van der Waals surface area contributed by atoms with Gasteiger partial charge in [-0.3, -0.25) is 9.69 Å². The van der Waals surface area contributed by atoms with Gasteiger partial charge in [0.2, 0.25) is 0 Å². The summed E-state index contributed by atoms with van der Waals surface area (Å²) < 4.78 is 7.63. The normalized spacial score (nSPS) is 12.9. The lowest BCUT2D eigenvalue weighted by Gasteiger charge is -2.33. The van der Waals surface area contributed by atoms with Crippen LogP contribution in [0.2, 0.25) is 0 Å². The quantitative estimate of drug-likeness (QED) is 0.275. The molecule has 38 heavy (non-hydrogen) atoms. The summed E-state index contributed by atoms with van der Waals surface area (Å²) in [5, 5.41) is 14.0. The molecule has 1 N–H and O–H groups in total. The summed E-state index contributed by atoms with van der Waals surface area (Å²) in [5.41, 5.74) is 4.25. The van der Waals surface area contributed by atoms with Crippen molar-refractivity contribution in [1.82, 2.24) is 30.1 Å². The van der Waals surface area contributed by atoms with Crippen molar-refractivity contribution in [3.8, 4) is 0 Å². The van der Waals surface area contributed by atoms with Crippen LogP contribution >= 0.6 is 0 Å². The molecule has 8 heteroatoms. The van der Waals surface area contributed by atoms with Crippen molar-refractivity contribution in [3.05, 3.63) is 111 Å². The van der Waals surface area contributed by atoms with Crippen LogP contribution in [0.15, 0.2) is 76.1 Å². The van der Waals surface area contributed by atoms with Crippen LogP contribution in [0.25, 0.3) is 10.9 Å². The molecule has 0 unspecified atom stereocenters. The van der Waals surface area contributed by atoms with Crippen LogP contribution in [-0.2, 0) is 18.6 Å². The molecule has 3 aromatic heterocycles. The molecule has 1 atom stereocenters. The maximum atomic E-state index is 13.8. The first-order valence-corrected chi connectivity index (χ1v) is 13.0. The minimum Gasteiger partial charge on any atom is -0.468 e. The van der Waals surface area contributed by atoms with Gasteiger partial charge in [-0.15, -0.1) is 5.10 Å². The molecule has 8 nitrogen and oxygen atoms in total. The molecular formula is C30H34N6O2. The lowest BCUT2D eigenvalue weighted by atomic mass is 9.97. The Kier molecular flexibility index (Phi) is 6.99. The molecule has 3 heterocycles. The fraction of sp³-hybridized carbons (Fsp3) is 0.333. The van der Waals surface area contributed by atoms with Crippen molar-refractivity contribution in [1.29, 1.82) is 0 Å². The number of hydrogen-bond donors (Lipinski definition) is 1. The van der Waals surface area contributed by atoms with E-state index < -0.39 is 6.04 Å². The Labute approximate surface area is 222 Å². The summed E-state index contributed by atoms with van der Waals surface area (Å²) in [4.78, 5) is 19.2. The smallest absolute Gasteiger partial charge is 0.253 e. The zero-order valence-corrected chi connectivity index (χ0v) is 22.6. The standard InChI is InChI=1S/C30H34N6O2/c1-6-30(4,5)36-28(32-33-34-36)27(25-17-23-15-14-20(2)21(3)26(23)31-29(25)37)35(19-24-13-10-16-38-24)18-22-11-8-7-9-12-22/h7-17,27H,6,18-19H2,1-5H3,(H,31,37)/t27-/m1/s1. The Balaban J connectivity index is 1.74. The van der Waals surface area contributed by atoms with Gasteiger partial charge in [-0.2, -0.15) is 0 Å². The zero-order valence-electron chi connectivity index (χ0n) is 22.6. The molecule has 0 bridgehead atoms. The number of fused-ring (bicyclic) bond motifs is 1. The van der Waals surface area contributed by atoms with Crippen molar-refractivity contribution in [2.45, 2.75) is 65.7 Å². The molecule has 0 spiro atoms. The summed E-state index contributed by atoms with van der Waals surface area (Å²) >= 11 is 0. The van der Waals surface area contributed by atoms with E-state index in [0.29, 0.717) is 24.5 Å². The summed E-state index contributed by atoms with van der Waals surface area (Å²) in [6.07, 6.45) is 2.49. The molecule has 0 aliphatic rings. The van der Waals surface area contributed by atoms with E-state index in [1.54, 1.807) is 6.26 Å². The molecule has 196 valence electrons. The van der Waals surface area contributed by atoms with Gasteiger partial charge in [0.15, 0.2) is 5.82 Å². The second kappa shape index (κ2) is 10.4. The third kappa shape index (κ3) is 4.91. The van der Waals surface area contributed by atoms with E-state index in [1.807, 2.05) is 48.0 Å². The van der Waals surface area contributed by atoms with Crippen molar-refractivity contribution < 1.29 is 4.42 Å². The van der Waals surface area contributed by atoms with Crippen molar-refractivity contribution in [3.63, 3.8) is 0 Å². The van der Waals surface area contributed by atoms with E-state index >= 15 is 0 Å². The largest absolute Gasteiger partial charge is 0.468 e. The van der Waals surface area contributed by atoms with Crippen LogP contribution in [0.3, 0.4) is 0 Å². The van der Waals surface area contributed by atoms with Gasteiger partial charge in [0.25, 0.3) is 5.56 Å². The van der Waals surface area contributed by atoms with E-state index in [2.05, 4.69) is 77.4 Å². The zero-order chi connectivity index (χ0) is 26.9. The average molecular weight is 511 g/mol. The van der Waals surface area contributed by atoms with E-state index in [1.165, 1.54) is 0 Å². The number of pyridine rings is 1. The third-order valence-corrected chi connectivity index (χ3v) is 7.58. The highest BCUT2D eigenvalue weighted by atomic mass is 16.3. The van der Waals surface area contributed by atoms with Crippen molar-refractivity contribution >= 4 is 10.9 Å². The average Bonchev–Trinajstić information content (AvgIpc) is 3.61. The molecule has 2 aromatic carbocycles. The van der Waals surface area contributed by atoms with Crippen LogP contribution in [0.1, 0.15) is 67.1 Å². The molecule has 0 saturated carbocycles. The molecule has 5 rings (SSSR count). The Bertz CT molecular complexity index is 1580. The lowest BCUT2D eigenvalue weighted by molar-refractivity contribution is 0.168. The van der Waals surface area contributed by atoms with Crippen LogP contribution < -0.4 is 5.56 Å². The number of benzene rings is 2. The number of furan rings is 1. The Hall–Kier alpha value is -4.04. The number of hydrogen-bond acceptors (Lipinski definition) is 6. The first kappa shape index (κ1) is 25.6. The lowest BCUT2D eigenvalue weighted by Crippen LogP contribution is -2.38. The first-order chi connectivity index (χ1) is 18.3. The van der Waals surface area contributed by atoms with Crippen molar-refractivity contribution in [2.75, 3.05) is 0 Å². The van der Waals surface area contributed by atoms with Crippen LogP contribution in [0, 0.1) is 13.8 Å². The minimum absolute atomic E-state index is 0.155. The van der Waals surface area contributed by atoms with E-state index in [4.69, 9.17) is 4.42 Å². The molecule has 0 aliphatic carbocycles. The predicted octanol–water partition coefficient (Wildman–Crippen LogP) is 5.66. The molecule has 5 aromatic rings. The number of aromatic nitrogens is 5. The summed E-state index contributed by atoms with van der Waals surface area (Å²) in [7, 11) is 0. The molecule has 0 fully saturated rings. The van der Waals surface area contributed by atoms with Gasteiger partial charge >= 0.3 is 0 Å². The SMILES string of the molecule is CCC(C)(C)n1nnnc1[C@@H](c1cc2ccc(C)c(C)c2[nH]c1=O)N(Cc1ccccc1)Cc1ccco1. The predicted molar refractivity (Wildman–Crippen MR) is 148 cm³/mol. The highest BCUT2D eigenvalue weighted by Crippen LogP contribution is 2.33. The van der Waals surface area contributed by atoms with Gasteiger partial charge in [-0.05, 0) is 84.8 Å². The van der Waals surface area contributed by atoms with Gasteiger partial charge in [-0.25, -0.2) is 4.68 Å². The molecule has 0 aliphatic heterocycles. The Morgan fingerprint density at radius 3 is 2.55 bits per heavy atom. The highest BCUT2D eigenvalue weighted by Gasteiger charge is 2.35. The van der Waals surface area contributed by atoms with E-state index in [0.717, 1.165) is 39.8 Å². The Morgan fingerprint density at radius 2 is 1.84 bits per heavy atom. The van der Waals surface area contributed by atoms with Crippen molar-refractivity contribution in [2.24, 2.45) is 0 Å². The van der Waals surface area contributed by atoms with Gasteiger partial charge in [-0.1, -0.05) is 49.4 Å². The van der Waals surface area contributed by atoms with Crippen LogP contribution in [0.5, 0.6) is 0 Å². The van der Waals surface area contributed by atoms with Crippen LogP contribution in [0.4, 0.5) is 0 Å². The maximum absolute atomic E-state index is 13.8. The molecule has 0 amide bonds. The van der Waals surface area contributed by atoms with E-state index in [9.17, 15) is 4.79 Å². The van der Waals surface area contributed by atoms with E-state index in [-0.39, 0.29) is 11.1 Å². The van der Waals surface area contributed by atoms with Gasteiger partial charge in [0.1, 0.15) is 11.8 Å². The number of aryl methyl sites for hydroxylation is 2. The number of aromatic amines is 1. The number of rotatable bonds is 9. The fourth-order valence-electron chi connectivity index (χ4n) is 4.85. The maximum Gasteiger partial charge on any atom is 0.253 e.